The second kappa shape index (κ2) is 7.37. The second-order valence-electron chi connectivity index (χ2n) is 5.58. The van der Waals surface area contributed by atoms with Gasteiger partial charge in [0.25, 0.3) is 5.91 Å². The van der Waals surface area contributed by atoms with Gasteiger partial charge in [-0.15, -0.1) is 11.3 Å². The predicted molar refractivity (Wildman–Crippen MR) is 92.9 cm³/mol. The Balaban J connectivity index is 1.63. The smallest absolute Gasteiger partial charge is 0.257 e. The van der Waals surface area contributed by atoms with E-state index in [0.29, 0.717) is 23.8 Å². The molecule has 0 saturated carbocycles. The SMILES string of the molecule is Cc1cnc(NC(=O)c2cccc(CN(C)Cc3ccno3)c2)s1. The molecule has 0 bridgehead atoms. The van der Waals surface area contributed by atoms with Crippen LogP contribution in [0.5, 0.6) is 0 Å². The number of aromatic nitrogens is 2. The molecule has 0 saturated heterocycles. The maximum Gasteiger partial charge on any atom is 0.257 e. The normalized spacial score (nSPS) is 11.0. The third-order valence-electron chi connectivity index (χ3n) is 3.40. The number of nitrogens with one attached hydrogen (secondary N) is 1. The van der Waals surface area contributed by atoms with E-state index in [1.807, 2.05) is 38.2 Å². The van der Waals surface area contributed by atoms with Crippen molar-refractivity contribution in [3.8, 4) is 0 Å². The van der Waals surface area contributed by atoms with Crippen LogP contribution in [0.2, 0.25) is 0 Å². The molecule has 124 valence electrons. The third kappa shape index (κ3) is 4.27. The lowest BCUT2D eigenvalue weighted by atomic mass is 10.1. The number of hydrogen-bond acceptors (Lipinski definition) is 6. The molecular weight excluding hydrogens is 324 g/mol. The van der Waals surface area contributed by atoms with E-state index in [-0.39, 0.29) is 5.91 Å². The summed E-state index contributed by atoms with van der Waals surface area (Å²) in [7, 11) is 1.99. The first-order valence-corrected chi connectivity index (χ1v) is 8.32. The zero-order valence-corrected chi connectivity index (χ0v) is 14.3. The van der Waals surface area contributed by atoms with Gasteiger partial charge in [0.05, 0.1) is 12.7 Å². The summed E-state index contributed by atoms with van der Waals surface area (Å²) >= 11 is 1.46. The molecule has 0 radical (unpaired) electrons. The molecule has 24 heavy (non-hydrogen) atoms. The lowest BCUT2D eigenvalue weighted by molar-refractivity contribution is 0.102. The first kappa shape index (κ1) is 16.4. The third-order valence-corrected chi connectivity index (χ3v) is 4.23. The maximum atomic E-state index is 12.3. The fourth-order valence-electron chi connectivity index (χ4n) is 2.35. The van der Waals surface area contributed by atoms with Gasteiger partial charge in [-0.05, 0) is 31.7 Å². The Morgan fingerprint density at radius 2 is 2.21 bits per heavy atom. The van der Waals surface area contributed by atoms with Crippen molar-refractivity contribution < 1.29 is 9.32 Å². The molecule has 1 amide bonds. The number of thiazole rings is 1. The minimum atomic E-state index is -0.149. The van der Waals surface area contributed by atoms with E-state index < -0.39 is 0 Å². The summed E-state index contributed by atoms with van der Waals surface area (Å²) in [5, 5.41) is 7.15. The Morgan fingerprint density at radius 1 is 1.33 bits per heavy atom. The molecule has 2 heterocycles. The summed E-state index contributed by atoms with van der Waals surface area (Å²) in [6, 6.07) is 9.43. The average molecular weight is 342 g/mol. The summed E-state index contributed by atoms with van der Waals surface area (Å²) in [6.45, 7) is 3.32. The number of amides is 1. The van der Waals surface area contributed by atoms with Crippen molar-refractivity contribution in [3.05, 3.63) is 64.5 Å². The topological polar surface area (TPSA) is 71.3 Å². The number of benzene rings is 1. The molecular formula is C17H18N4O2S. The zero-order valence-electron chi connectivity index (χ0n) is 13.5. The maximum absolute atomic E-state index is 12.3. The van der Waals surface area contributed by atoms with Gasteiger partial charge in [-0.25, -0.2) is 4.98 Å². The van der Waals surface area contributed by atoms with Gasteiger partial charge in [-0.1, -0.05) is 17.3 Å². The molecule has 0 spiro atoms. The van der Waals surface area contributed by atoms with Gasteiger partial charge in [-0.2, -0.15) is 0 Å². The average Bonchev–Trinajstić information content (AvgIpc) is 3.19. The predicted octanol–water partition coefficient (Wildman–Crippen LogP) is 3.32. The molecule has 0 atom stereocenters. The fourth-order valence-corrected chi connectivity index (χ4v) is 3.01. The number of nitrogens with zero attached hydrogens (tertiary/aromatic N) is 3. The van der Waals surface area contributed by atoms with Crippen molar-refractivity contribution in [1.82, 2.24) is 15.0 Å². The van der Waals surface area contributed by atoms with E-state index in [1.165, 1.54) is 11.3 Å². The molecule has 0 unspecified atom stereocenters. The molecule has 0 aliphatic carbocycles. The molecule has 0 aliphatic rings. The number of carbonyl (C=O) groups is 1. The van der Waals surface area contributed by atoms with Crippen LogP contribution in [0, 0.1) is 6.92 Å². The minimum Gasteiger partial charge on any atom is -0.360 e. The summed E-state index contributed by atoms with van der Waals surface area (Å²) in [6.07, 6.45) is 3.38. The molecule has 3 aromatic rings. The molecule has 2 aromatic heterocycles. The molecule has 0 aliphatic heterocycles. The van der Waals surface area contributed by atoms with Crippen LogP contribution in [0.4, 0.5) is 5.13 Å². The number of aryl methyl sites for hydroxylation is 1. The highest BCUT2D eigenvalue weighted by Gasteiger charge is 2.10. The van der Waals surface area contributed by atoms with Gasteiger partial charge in [0.15, 0.2) is 10.9 Å². The fraction of sp³-hybridized carbons (Fsp3) is 0.235. The summed E-state index contributed by atoms with van der Waals surface area (Å²) in [5.41, 5.74) is 1.67. The van der Waals surface area contributed by atoms with E-state index in [4.69, 9.17) is 4.52 Å². The minimum absolute atomic E-state index is 0.149. The molecule has 3 rings (SSSR count). The van der Waals surface area contributed by atoms with Crippen LogP contribution in [0.3, 0.4) is 0 Å². The first-order valence-electron chi connectivity index (χ1n) is 7.51. The highest BCUT2D eigenvalue weighted by molar-refractivity contribution is 7.15. The van der Waals surface area contributed by atoms with Crippen LogP contribution in [-0.2, 0) is 13.1 Å². The number of rotatable bonds is 6. The van der Waals surface area contributed by atoms with Gasteiger partial charge < -0.3 is 4.52 Å². The summed E-state index contributed by atoms with van der Waals surface area (Å²) in [4.78, 5) is 19.7. The first-order chi connectivity index (χ1) is 11.6. The van der Waals surface area contributed by atoms with Gasteiger partial charge in [0, 0.05) is 29.2 Å². The zero-order chi connectivity index (χ0) is 16.9. The van der Waals surface area contributed by atoms with Crippen LogP contribution < -0.4 is 5.32 Å². The Bertz CT molecular complexity index is 814. The summed E-state index contributed by atoms with van der Waals surface area (Å²) < 4.78 is 5.11. The van der Waals surface area contributed by atoms with E-state index in [1.54, 1.807) is 18.5 Å². The highest BCUT2D eigenvalue weighted by atomic mass is 32.1. The van der Waals surface area contributed by atoms with Crippen LogP contribution in [0.25, 0.3) is 0 Å². The van der Waals surface area contributed by atoms with E-state index >= 15 is 0 Å². The van der Waals surface area contributed by atoms with Crippen LogP contribution >= 0.6 is 11.3 Å². The van der Waals surface area contributed by atoms with Crippen molar-refractivity contribution >= 4 is 22.4 Å². The van der Waals surface area contributed by atoms with Crippen molar-refractivity contribution in [1.29, 1.82) is 0 Å². The van der Waals surface area contributed by atoms with Gasteiger partial charge >= 0.3 is 0 Å². The molecule has 1 aromatic carbocycles. The number of carbonyl (C=O) groups excluding carboxylic acids is 1. The van der Waals surface area contributed by atoms with Gasteiger partial charge in [-0.3, -0.25) is 15.0 Å². The van der Waals surface area contributed by atoms with Gasteiger partial charge in [0.2, 0.25) is 0 Å². The lowest BCUT2D eigenvalue weighted by Gasteiger charge is -2.15. The quantitative estimate of drug-likeness (QED) is 0.744. The van der Waals surface area contributed by atoms with Crippen molar-refractivity contribution in [3.63, 3.8) is 0 Å². The van der Waals surface area contributed by atoms with Crippen molar-refractivity contribution in [2.75, 3.05) is 12.4 Å². The largest absolute Gasteiger partial charge is 0.360 e. The number of hydrogen-bond donors (Lipinski definition) is 1. The summed E-state index contributed by atoms with van der Waals surface area (Å²) in [5.74, 6) is 0.662. The standard InChI is InChI=1S/C17H18N4O2S/c1-12-9-18-17(24-12)20-16(22)14-5-3-4-13(8-14)10-21(2)11-15-6-7-19-23-15/h3-9H,10-11H2,1-2H3,(H,18,20,22). The molecule has 0 fully saturated rings. The number of anilines is 1. The van der Waals surface area contributed by atoms with Crippen LogP contribution in [-0.4, -0.2) is 28.0 Å². The Labute approximate surface area is 144 Å². The van der Waals surface area contributed by atoms with E-state index in [2.05, 4.69) is 20.4 Å². The second-order valence-corrected chi connectivity index (χ2v) is 6.82. The lowest BCUT2D eigenvalue weighted by Crippen LogP contribution is -2.17. The van der Waals surface area contributed by atoms with Crippen LogP contribution in [0.15, 0.2) is 47.2 Å². The van der Waals surface area contributed by atoms with E-state index in [9.17, 15) is 4.79 Å². The Morgan fingerprint density at radius 3 is 2.92 bits per heavy atom. The van der Waals surface area contributed by atoms with Crippen molar-refractivity contribution in [2.24, 2.45) is 0 Å². The Kier molecular flexibility index (Phi) is 5.02. The van der Waals surface area contributed by atoms with Crippen molar-refractivity contribution in [2.45, 2.75) is 20.0 Å². The van der Waals surface area contributed by atoms with Crippen LogP contribution in [0.1, 0.15) is 26.6 Å². The Hall–Kier alpha value is -2.51. The monoisotopic (exact) mass is 342 g/mol. The molecule has 6 nitrogen and oxygen atoms in total. The highest BCUT2D eigenvalue weighted by Crippen LogP contribution is 2.18. The molecule has 1 N–H and O–H groups in total. The molecule has 7 heteroatoms. The van der Waals surface area contributed by atoms with Gasteiger partial charge in [0.1, 0.15) is 0 Å². The van der Waals surface area contributed by atoms with E-state index in [0.717, 1.165) is 16.2 Å².